The molecule has 2 aliphatic heterocycles. The molecule has 2 fully saturated rings. The van der Waals surface area contributed by atoms with Gasteiger partial charge in [-0.1, -0.05) is 0 Å². The zero-order chi connectivity index (χ0) is 13.2. The van der Waals surface area contributed by atoms with Crippen LogP contribution in [0.1, 0.15) is 25.7 Å². The van der Waals surface area contributed by atoms with E-state index in [9.17, 15) is 13.2 Å². The summed E-state index contributed by atoms with van der Waals surface area (Å²) in [7, 11) is 1.40. The van der Waals surface area contributed by atoms with Crippen LogP contribution >= 0.6 is 11.8 Å². The molecular weight excluding hydrogens is 263 g/mol. The van der Waals surface area contributed by atoms with Gasteiger partial charge in [0.15, 0.2) is 0 Å². The molecule has 18 heavy (non-hydrogen) atoms. The Hall–Kier alpha value is 0.0600. The smallest absolute Gasteiger partial charge is 0.375 e. The van der Waals surface area contributed by atoms with Crippen molar-refractivity contribution in [3.05, 3.63) is 0 Å². The van der Waals surface area contributed by atoms with Gasteiger partial charge in [0.2, 0.25) is 0 Å². The topological polar surface area (TPSA) is 21.3 Å². The molecule has 0 amide bonds. The zero-order valence-electron chi connectivity index (χ0n) is 10.6. The quantitative estimate of drug-likeness (QED) is 0.842. The highest BCUT2D eigenvalue weighted by Gasteiger charge is 2.48. The van der Waals surface area contributed by atoms with Crippen LogP contribution in [0.5, 0.6) is 0 Å². The molecule has 106 valence electrons. The van der Waals surface area contributed by atoms with Gasteiger partial charge in [0.05, 0.1) is 5.60 Å². The van der Waals surface area contributed by atoms with E-state index in [2.05, 4.69) is 5.32 Å². The second-order valence-electron chi connectivity index (χ2n) is 5.20. The highest BCUT2D eigenvalue weighted by atomic mass is 32.2. The second kappa shape index (κ2) is 5.59. The standard InChI is InChI=1S/C12H20F3NOS/c1-16-10(12(13,14)15)9-2-5-17-11(8-9)3-6-18-7-4-11/h9-10,16H,2-8H2,1H3. The number of hydrogen-bond acceptors (Lipinski definition) is 3. The molecule has 2 nitrogen and oxygen atoms in total. The minimum atomic E-state index is -4.17. The Morgan fingerprint density at radius 1 is 1.33 bits per heavy atom. The van der Waals surface area contributed by atoms with E-state index in [0.29, 0.717) is 19.4 Å². The first-order valence-electron chi connectivity index (χ1n) is 6.42. The molecule has 0 aromatic carbocycles. The number of thioether (sulfide) groups is 1. The van der Waals surface area contributed by atoms with E-state index >= 15 is 0 Å². The summed E-state index contributed by atoms with van der Waals surface area (Å²) in [5, 5.41) is 2.45. The Bertz CT molecular complexity index is 273. The zero-order valence-corrected chi connectivity index (χ0v) is 11.4. The predicted octanol–water partition coefficient (Wildman–Crippen LogP) is 2.83. The van der Waals surface area contributed by atoms with E-state index in [1.165, 1.54) is 7.05 Å². The van der Waals surface area contributed by atoms with Crippen LogP contribution in [0.25, 0.3) is 0 Å². The van der Waals surface area contributed by atoms with E-state index < -0.39 is 12.2 Å². The molecule has 2 unspecified atom stereocenters. The van der Waals surface area contributed by atoms with Crippen LogP contribution in [0.2, 0.25) is 0 Å². The van der Waals surface area contributed by atoms with Gasteiger partial charge in [-0.05, 0) is 50.2 Å². The van der Waals surface area contributed by atoms with Gasteiger partial charge in [0.25, 0.3) is 0 Å². The van der Waals surface area contributed by atoms with Crippen LogP contribution < -0.4 is 5.32 Å². The van der Waals surface area contributed by atoms with E-state index in [1.54, 1.807) is 0 Å². The molecule has 1 N–H and O–H groups in total. The number of ether oxygens (including phenoxy) is 1. The maximum atomic E-state index is 13.0. The highest BCUT2D eigenvalue weighted by molar-refractivity contribution is 7.99. The fourth-order valence-electron chi connectivity index (χ4n) is 3.11. The van der Waals surface area contributed by atoms with Crippen molar-refractivity contribution in [1.82, 2.24) is 5.32 Å². The average molecular weight is 283 g/mol. The minimum absolute atomic E-state index is 0.283. The molecule has 0 aromatic heterocycles. The van der Waals surface area contributed by atoms with Gasteiger partial charge in [0.1, 0.15) is 6.04 Å². The molecule has 0 aliphatic carbocycles. The van der Waals surface area contributed by atoms with Crippen LogP contribution in [0, 0.1) is 5.92 Å². The average Bonchev–Trinajstić information content (AvgIpc) is 2.29. The lowest BCUT2D eigenvalue weighted by Gasteiger charge is -2.45. The Kier molecular flexibility index (Phi) is 4.49. The summed E-state index contributed by atoms with van der Waals surface area (Å²) in [6.45, 7) is 0.462. The first kappa shape index (κ1) is 14.5. The van der Waals surface area contributed by atoms with Gasteiger partial charge < -0.3 is 10.1 Å². The van der Waals surface area contributed by atoms with Crippen LogP contribution in [-0.4, -0.2) is 43.0 Å². The number of alkyl halides is 3. The third kappa shape index (κ3) is 3.14. The fourth-order valence-corrected chi connectivity index (χ4v) is 4.35. The van der Waals surface area contributed by atoms with Crippen LogP contribution in [-0.2, 0) is 4.74 Å². The third-order valence-electron chi connectivity index (χ3n) is 4.07. The fraction of sp³-hybridized carbons (Fsp3) is 1.00. The molecule has 2 rings (SSSR count). The summed E-state index contributed by atoms with van der Waals surface area (Å²) >= 11 is 1.87. The minimum Gasteiger partial charge on any atom is -0.375 e. The first-order valence-corrected chi connectivity index (χ1v) is 7.58. The molecule has 2 atom stereocenters. The van der Waals surface area contributed by atoms with Crippen LogP contribution in [0.4, 0.5) is 13.2 Å². The SMILES string of the molecule is CNC(C1CCOC2(CCSCC2)C1)C(F)(F)F. The second-order valence-corrected chi connectivity index (χ2v) is 6.43. The number of rotatable bonds is 2. The van der Waals surface area contributed by atoms with E-state index in [0.717, 1.165) is 24.3 Å². The largest absolute Gasteiger partial charge is 0.404 e. The summed E-state index contributed by atoms with van der Waals surface area (Å²) in [6, 6.07) is -1.40. The number of hydrogen-bond donors (Lipinski definition) is 1. The van der Waals surface area contributed by atoms with Crippen molar-refractivity contribution < 1.29 is 17.9 Å². The molecule has 0 saturated carbocycles. The van der Waals surface area contributed by atoms with Gasteiger partial charge >= 0.3 is 6.18 Å². The van der Waals surface area contributed by atoms with Crippen molar-refractivity contribution >= 4 is 11.8 Å². The van der Waals surface area contributed by atoms with E-state index in [4.69, 9.17) is 4.74 Å². The van der Waals surface area contributed by atoms with Gasteiger partial charge in [-0.25, -0.2) is 0 Å². The molecule has 6 heteroatoms. The van der Waals surface area contributed by atoms with Crippen LogP contribution in [0.15, 0.2) is 0 Å². The Balaban J connectivity index is 2.05. The lowest BCUT2D eigenvalue weighted by Crippen LogP contribution is -2.52. The summed E-state index contributed by atoms with van der Waals surface area (Å²) in [4.78, 5) is 0. The summed E-state index contributed by atoms with van der Waals surface area (Å²) < 4.78 is 44.7. The molecule has 2 saturated heterocycles. The van der Waals surface area contributed by atoms with Crippen molar-refractivity contribution in [3.63, 3.8) is 0 Å². The molecule has 1 spiro atoms. The predicted molar refractivity (Wildman–Crippen MR) is 66.9 cm³/mol. The Morgan fingerprint density at radius 2 is 2.00 bits per heavy atom. The monoisotopic (exact) mass is 283 g/mol. The van der Waals surface area contributed by atoms with Gasteiger partial charge in [-0.3, -0.25) is 0 Å². The van der Waals surface area contributed by atoms with Crippen molar-refractivity contribution in [2.75, 3.05) is 25.2 Å². The Labute approximate surface area is 110 Å². The van der Waals surface area contributed by atoms with Gasteiger partial charge in [0, 0.05) is 6.61 Å². The molecule has 0 radical (unpaired) electrons. The van der Waals surface area contributed by atoms with Gasteiger partial charge in [-0.15, -0.1) is 0 Å². The Morgan fingerprint density at radius 3 is 2.56 bits per heavy atom. The van der Waals surface area contributed by atoms with Crippen molar-refractivity contribution in [3.8, 4) is 0 Å². The van der Waals surface area contributed by atoms with E-state index in [1.807, 2.05) is 11.8 Å². The number of nitrogens with one attached hydrogen (secondary N) is 1. The molecule has 0 aromatic rings. The highest BCUT2D eigenvalue weighted by Crippen LogP contribution is 2.42. The maximum Gasteiger partial charge on any atom is 0.404 e. The summed E-state index contributed by atoms with van der Waals surface area (Å²) in [5.41, 5.74) is -0.283. The lowest BCUT2D eigenvalue weighted by molar-refractivity contribution is -0.187. The molecule has 2 heterocycles. The van der Waals surface area contributed by atoms with Crippen molar-refractivity contribution in [1.29, 1.82) is 0 Å². The van der Waals surface area contributed by atoms with Crippen molar-refractivity contribution in [2.45, 2.75) is 43.5 Å². The van der Waals surface area contributed by atoms with E-state index in [-0.39, 0.29) is 11.5 Å². The number of halogens is 3. The summed E-state index contributed by atoms with van der Waals surface area (Å²) in [6.07, 6.45) is -1.34. The first-order chi connectivity index (χ1) is 8.47. The van der Waals surface area contributed by atoms with Crippen LogP contribution in [0.3, 0.4) is 0 Å². The normalized spacial score (nSPS) is 30.3. The van der Waals surface area contributed by atoms with Crippen molar-refractivity contribution in [2.24, 2.45) is 5.92 Å². The maximum absolute atomic E-state index is 13.0. The molecule has 2 aliphatic rings. The molecule has 0 bridgehead atoms. The molecular formula is C12H20F3NOS. The van der Waals surface area contributed by atoms with Gasteiger partial charge in [-0.2, -0.15) is 24.9 Å². The third-order valence-corrected chi connectivity index (χ3v) is 5.06. The summed E-state index contributed by atoms with van der Waals surface area (Å²) in [5.74, 6) is 1.65. The lowest BCUT2D eigenvalue weighted by atomic mass is 9.78.